The van der Waals surface area contributed by atoms with Crippen LogP contribution in [0.5, 0.6) is 0 Å². The third-order valence-corrected chi connectivity index (χ3v) is 4.83. The van der Waals surface area contributed by atoms with Crippen LogP contribution in [0.3, 0.4) is 0 Å². The van der Waals surface area contributed by atoms with Crippen molar-refractivity contribution in [1.82, 2.24) is 14.9 Å². The van der Waals surface area contributed by atoms with Crippen molar-refractivity contribution in [3.63, 3.8) is 0 Å². The number of hydrogen-bond acceptors (Lipinski definition) is 6. The highest BCUT2D eigenvalue weighted by molar-refractivity contribution is 7.17. The van der Waals surface area contributed by atoms with E-state index in [2.05, 4.69) is 32.8 Å². The van der Waals surface area contributed by atoms with Crippen LogP contribution in [-0.4, -0.2) is 52.6 Å². The van der Waals surface area contributed by atoms with Crippen LogP contribution in [0.1, 0.15) is 6.42 Å². The van der Waals surface area contributed by atoms with Crippen LogP contribution in [0.4, 0.5) is 5.82 Å². The fourth-order valence-corrected chi connectivity index (χ4v) is 3.51. The summed E-state index contributed by atoms with van der Waals surface area (Å²) in [6.07, 6.45) is 1.88. The first kappa shape index (κ1) is 17.3. The number of aromatic nitrogens is 2. The summed E-state index contributed by atoms with van der Waals surface area (Å²) in [5.74, 6) is 0.725. The van der Waals surface area contributed by atoms with Crippen molar-refractivity contribution >= 4 is 33.3 Å². The Bertz CT molecular complexity index is 851. The molecule has 130 valence electrons. The molecule has 0 radical (unpaired) electrons. The number of anilines is 1. The fraction of sp³-hybridized carbons (Fsp3) is 0.278. The van der Waals surface area contributed by atoms with Gasteiger partial charge >= 0.3 is 0 Å². The van der Waals surface area contributed by atoms with Crippen LogP contribution >= 0.6 is 11.3 Å². The molecule has 0 saturated carbocycles. The van der Waals surface area contributed by atoms with Crippen LogP contribution < -0.4 is 5.32 Å². The Morgan fingerprint density at radius 1 is 1.28 bits per heavy atom. The standard InChI is InChI=1S/C18H20N4O2S/c1-22(9-10-23)15(24)7-8-19-17-16-14(13-5-3-2-4-6-13)11-25-18(16)21-12-20-17/h2-6,11-12,23H,7-10H2,1H3,(H,19,20,21). The van der Waals surface area contributed by atoms with Gasteiger partial charge in [-0.25, -0.2) is 9.97 Å². The summed E-state index contributed by atoms with van der Waals surface area (Å²) in [5.41, 5.74) is 2.21. The molecule has 3 rings (SSSR count). The van der Waals surface area contributed by atoms with Gasteiger partial charge in [0.25, 0.3) is 0 Å². The number of fused-ring (bicyclic) bond motifs is 1. The quantitative estimate of drug-likeness (QED) is 0.680. The Morgan fingerprint density at radius 2 is 2.08 bits per heavy atom. The number of amides is 1. The first-order valence-corrected chi connectivity index (χ1v) is 8.95. The van der Waals surface area contributed by atoms with Gasteiger partial charge in [0, 0.05) is 37.5 Å². The maximum Gasteiger partial charge on any atom is 0.224 e. The molecule has 1 amide bonds. The van der Waals surface area contributed by atoms with Crippen LogP contribution in [0.2, 0.25) is 0 Å². The summed E-state index contributed by atoms with van der Waals surface area (Å²) in [6.45, 7) is 0.793. The molecule has 2 aromatic heterocycles. The normalized spacial score (nSPS) is 10.8. The van der Waals surface area contributed by atoms with Crippen molar-refractivity contribution in [2.24, 2.45) is 0 Å². The number of hydrogen-bond donors (Lipinski definition) is 2. The highest BCUT2D eigenvalue weighted by Crippen LogP contribution is 2.36. The molecule has 0 saturated heterocycles. The molecule has 7 heteroatoms. The molecule has 0 bridgehead atoms. The summed E-state index contributed by atoms with van der Waals surface area (Å²) < 4.78 is 0. The van der Waals surface area contributed by atoms with Crippen LogP contribution in [0, 0.1) is 0 Å². The third-order valence-electron chi connectivity index (χ3n) is 3.95. The first-order valence-electron chi connectivity index (χ1n) is 8.07. The molecule has 1 aromatic carbocycles. The van der Waals surface area contributed by atoms with Crippen LogP contribution in [-0.2, 0) is 4.79 Å². The smallest absolute Gasteiger partial charge is 0.224 e. The van der Waals surface area contributed by atoms with Crippen molar-refractivity contribution in [3.8, 4) is 11.1 Å². The molecule has 0 aliphatic heterocycles. The van der Waals surface area contributed by atoms with Gasteiger partial charge < -0.3 is 15.3 Å². The van der Waals surface area contributed by atoms with E-state index in [9.17, 15) is 4.79 Å². The van der Waals surface area contributed by atoms with E-state index < -0.39 is 0 Å². The lowest BCUT2D eigenvalue weighted by atomic mass is 10.1. The average molecular weight is 356 g/mol. The summed E-state index contributed by atoms with van der Waals surface area (Å²) in [7, 11) is 1.69. The molecule has 0 aliphatic rings. The molecule has 0 unspecified atom stereocenters. The lowest BCUT2D eigenvalue weighted by molar-refractivity contribution is -0.130. The predicted molar refractivity (Wildman–Crippen MR) is 101 cm³/mol. The van der Waals surface area contributed by atoms with Gasteiger partial charge in [-0.15, -0.1) is 11.3 Å². The van der Waals surface area contributed by atoms with E-state index in [1.54, 1.807) is 18.4 Å². The van der Waals surface area contributed by atoms with E-state index >= 15 is 0 Å². The van der Waals surface area contributed by atoms with Gasteiger partial charge in [-0.1, -0.05) is 30.3 Å². The first-order chi connectivity index (χ1) is 12.2. The van der Waals surface area contributed by atoms with Gasteiger partial charge in [-0.05, 0) is 5.56 Å². The minimum Gasteiger partial charge on any atom is -0.395 e. The summed E-state index contributed by atoms with van der Waals surface area (Å²) >= 11 is 1.58. The predicted octanol–water partition coefficient (Wildman–Crippen LogP) is 2.61. The molecule has 2 N–H and O–H groups in total. The third kappa shape index (κ3) is 3.94. The number of carbonyl (C=O) groups excluding carboxylic acids is 1. The average Bonchev–Trinajstić information content (AvgIpc) is 3.07. The van der Waals surface area contributed by atoms with Crippen molar-refractivity contribution in [1.29, 1.82) is 0 Å². The maximum atomic E-state index is 12.0. The Balaban J connectivity index is 1.78. The molecular formula is C18H20N4O2S. The number of nitrogens with one attached hydrogen (secondary N) is 1. The van der Waals surface area contributed by atoms with E-state index in [-0.39, 0.29) is 12.5 Å². The van der Waals surface area contributed by atoms with E-state index in [4.69, 9.17) is 5.11 Å². The molecular weight excluding hydrogens is 336 g/mol. The zero-order valence-corrected chi connectivity index (χ0v) is 14.8. The van der Waals surface area contributed by atoms with Crippen LogP contribution in [0.15, 0.2) is 42.0 Å². The Hall–Kier alpha value is -2.51. The minimum atomic E-state index is -0.0302. The fourth-order valence-electron chi connectivity index (χ4n) is 2.59. The monoisotopic (exact) mass is 356 g/mol. The van der Waals surface area contributed by atoms with Gasteiger partial charge in [0.05, 0.1) is 12.0 Å². The number of nitrogens with zero attached hydrogens (tertiary/aromatic N) is 3. The van der Waals surface area contributed by atoms with Gasteiger partial charge in [-0.3, -0.25) is 4.79 Å². The Morgan fingerprint density at radius 3 is 2.84 bits per heavy atom. The SMILES string of the molecule is CN(CCO)C(=O)CCNc1ncnc2scc(-c3ccccc3)c12. The second-order valence-corrected chi connectivity index (χ2v) is 6.49. The number of rotatable bonds is 7. The molecule has 3 aromatic rings. The lowest BCUT2D eigenvalue weighted by Gasteiger charge is -2.16. The number of thiophene rings is 1. The Labute approximate surface area is 150 Å². The molecule has 0 atom stereocenters. The van der Waals surface area contributed by atoms with Crippen LogP contribution in [0.25, 0.3) is 21.3 Å². The Kier molecular flexibility index (Phi) is 5.57. The number of carbonyl (C=O) groups is 1. The van der Waals surface area contributed by atoms with Gasteiger partial charge in [-0.2, -0.15) is 0 Å². The number of aliphatic hydroxyl groups excluding tert-OH is 1. The highest BCUT2D eigenvalue weighted by atomic mass is 32.1. The number of benzene rings is 1. The summed E-state index contributed by atoms with van der Waals surface area (Å²) in [6, 6.07) is 10.1. The second kappa shape index (κ2) is 8.04. The molecule has 0 spiro atoms. The van der Waals surface area contributed by atoms with E-state index in [1.807, 2.05) is 18.2 Å². The van der Waals surface area contributed by atoms with Gasteiger partial charge in [0.15, 0.2) is 0 Å². The van der Waals surface area contributed by atoms with Crippen molar-refractivity contribution in [2.75, 3.05) is 32.1 Å². The van der Waals surface area contributed by atoms with Crippen molar-refractivity contribution in [2.45, 2.75) is 6.42 Å². The molecule has 6 nitrogen and oxygen atoms in total. The lowest BCUT2D eigenvalue weighted by Crippen LogP contribution is -2.30. The van der Waals surface area contributed by atoms with Gasteiger partial charge in [0.2, 0.25) is 5.91 Å². The topological polar surface area (TPSA) is 78.4 Å². The van der Waals surface area contributed by atoms with E-state index in [0.29, 0.717) is 19.5 Å². The zero-order valence-electron chi connectivity index (χ0n) is 14.0. The minimum absolute atomic E-state index is 0.0135. The maximum absolute atomic E-state index is 12.0. The van der Waals surface area contributed by atoms with Crippen molar-refractivity contribution < 1.29 is 9.90 Å². The second-order valence-electron chi connectivity index (χ2n) is 5.63. The molecule has 0 aliphatic carbocycles. The molecule has 2 heterocycles. The number of likely N-dealkylation sites (N-methyl/N-ethyl adjacent to an activating group) is 1. The summed E-state index contributed by atoms with van der Waals surface area (Å²) in [5, 5.41) is 15.2. The molecule has 25 heavy (non-hydrogen) atoms. The van der Waals surface area contributed by atoms with Gasteiger partial charge in [0.1, 0.15) is 17.0 Å². The van der Waals surface area contributed by atoms with Crippen molar-refractivity contribution in [3.05, 3.63) is 42.0 Å². The van der Waals surface area contributed by atoms with E-state index in [1.165, 1.54) is 11.2 Å². The van der Waals surface area contributed by atoms with E-state index in [0.717, 1.165) is 27.2 Å². The zero-order chi connectivity index (χ0) is 17.6. The molecule has 0 fully saturated rings. The summed E-state index contributed by atoms with van der Waals surface area (Å²) in [4.78, 5) is 23.1. The number of aliphatic hydroxyl groups is 1. The highest BCUT2D eigenvalue weighted by Gasteiger charge is 2.13. The largest absolute Gasteiger partial charge is 0.395 e.